The molecule has 0 unspecified atom stereocenters. The Bertz CT molecular complexity index is 1230. The number of rotatable bonds is 6. The third kappa shape index (κ3) is 4.86. The molecule has 0 saturated heterocycles. The van der Waals surface area contributed by atoms with Crippen LogP contribution in [0, 0.1) is 0 Å². The standard InChI is InChI=1S/C23H21BrClN3O4/c24-17-10-14(11-18(25)21(17)32-13-20(29)30)12-26-28-22(15-6-2-1-3-7-15)27-19-9-5-4-8-16(19)23(28)31/h4-5,8-12,15H,1-3,6-7,13H2,(H,29,30). The van der Waals surface area contributed by atoms with Crippen LogP contribution in [-0.2, 0) is 4.79 Å². The molecule has 0 atom stereocenters. The van der Waals surface area contributed by atoms with E-state index in [1.807, 2.05) is 18.2 Å². The summed E-state index contributed by atoms with van der Waals surface area (Å²) in [6.45, 7) is -0.505. The fourth-order valence-electron chi connectivity index (χ4n) is 3.93. The number of carboxylic acid groups (broad SMARTS) is 1. The zero-order valence-electron chi connectivity index (χ0n) is 17.1. The highest BCUT2D eigenvalue weighted by molar-refractivity contribution is 9.10. The van der Waals surface area contributed by atoms with Crippen molar-refractivity contribution in [3.05, 3.63) is 67.6 Å². The smallest absolute Gasteiger partial charge is 0.341 e. The number of ether oxygens (including phenoxy) is 1. The van der Waals surface area contributed by atoms with E-state index in [0.29, 0.717) is 26.8 Å². The monoisotopic (exact) mass is 517 g/mol. The van der Waals surface area contributed by atoms with Crippen LogP contribution in [0.15, 0.2) is 50.8 Å². The maximum absolute atomic E-state index is 13.2. The van der Waals surface area contributed by atoms with E-state index in [1.54, 1.807) is 24.4 Å². The number of hydrogen-bond acceptors (Lipinski definition) is 5. The van der Waals surface area contributed by atoms with Crippen LogP contribution < -0.4 is 10.3 Å². The molecular weight excluding hydrogens is 498 g/mol. The molecule has 0 spiro atoms. The molecule has 166 valence electrons. The highest BCUT2D eigenvalue weighted by atomic mass is 79.9. The van der Waals surface area contributed by atoms with Gasteiger partial charge in [-0.15, -0.1) is 0 Å². The van der Waals surface area contributed by atoms with Gasteiger partial charge in [-0.25, -0.2) is 9.78 Å². The van der Waals surface area contributed by atoms with Gasteiger partial charge in [-0.2, -0.15) is 9.78 Å². The Morgan fingerprint density at radius 2 is 2.03 bits per heavy atom. The number of aliphatic carboxylic acids is 1. The van der Waals surface area contributed by atoms with E-state index in [2.05, 4.69) is 21.0 Å². The van der Waals surface area contributed by atoms with Crippen LogP contribution in [0.2, 0.25) is 5.02 Å². The molecule has 1 saturated carbocycles. The maximum Gasteiger partial charge on any atom is 0.341 e. The number of benzene rings is 2. The summed E-state index contributed by atoms with van der Waals surface area (Å²) in [5.41, 5.74) is 1.09. The van der Waals surface area contributed by atoms with E-state index < -0.39 is 12.6 Å². The molecule has 9 heteroatoms. The predicted molar refractivity (Wildman–Crippen MR) is 127 cm³/mol. The highest BCUT2D eigenvalue weighted by Gasteiger charge is 2.22. The van der Waals surface area contributed by atoms with E-state index in [-0.39, 0.29) is 22.2 Å². The first-order valence-corrected chi connectivity index (χ1v) is 11.5. The van der Waals surface area contributed by atoms with Crippen molar-refractivity contribution in [3.8, 4) is 5.75 Å². The zero-order chi connectivity index (χ0) is 22.7. The number of aromatic nitrogens is 2. The lowest BCUT2D eigenvalue weighted by Crippen LogP contribution is -2.25. The third-order valence-electron chi connectivity index (χ3n) is 5.43. The molecule has 1 fully saturated rings. The number of halogens is 2. The summed E-state index contributed by atoms with van der Waals surface area (Å²) in [4.78, 5) is 28.8. The number of hydrogen-bond donors (Lipinski definition) is 1. The molecule has 4 rings (SSSR count). The van der Waals surface area contributed by atoms with Crippen LogP contribution in [0.3, 0.4) is 0 Å². The Labute approximate surface area is 197 Å². The summed E-state index contributed by atoms with van der Waals surface area (Å²) in [7, 11) is 0. The molecule has 7 nitrogen and oxygen atoms in total. The van der Waals surface area contributed by atoms with E-state index in [4.69, 9.17) is 26.4 Å². The Balaban J connectivity index is 1.74. The molecule has 1 aliphatic rings. The Morgan fingerprint density at radius 1 is 1.28 bits per heavy atom. The molecule has 1 N–H and O–H groups in total. The summed E-state index contributed by atoms with van der Waals surface area (Å²) in [6, 6.07) is 10.6. The van der Waals surface area contributed by atoms with Crippen molar-refractivity contribution in [2.45, 2.75) is 38.0 Å². The maximum atomic E-state index is 13.2. The average Bonchev–Trinajstić information content (AvgIpc) is 2.78. The molecule has 0 bridgehead atoms. The minimum atomic E-state index is -1.10. The first-order chi connectivity index (χ1) is 15.4. The van der Waals surface area contributed by atoms with Gasteiger partial charge in [0.1, 0.15) is 5.82 Å². The van der Waals surface area contributed by atoms with Crippen molar-refractivity contribution in [2.75, 3.05) is 6.61 Å². The minimum absolute atomic E-state index is 0.181. The Morgan fingerprint density at radius 3 is 2.75 bits per heavy atom. The molecule has 1 heterocycles. The third-order valence-corrected chi connectivity index (χ3v) is 6.30. The first kappa shape index (κ1) is 22.5. The van der Waals surface area contributed by atoms with Crippen molar-refractivity contribution < 1.29 is 14.6 Å². The summed E-state index contributed by atoms with van der Waals surface area (Å²) in [6.07, 6.45) is 6.91. The molecule has 0 aliphatic heterocycles. The van der Waals surface area contributed by atoms with Crippen LogP contribution in [-0.4, -0.2) is 33.6 Å². The lowest BCUT2D eigenvalue weighted by molar-refractivity contribution is -0.139. The number of carbonyl (C=O) groups is 1. The highest BCUT2D eigenvalue weighted by Crippen LogP contribution is 2.34. The van der Waals surface area contributed by atoms with Gasteiger partial charge < -0.3 is 9.84 Å². The van der Waals surface area contributed by atoms with Gasteiger partial charge in [0, 0.05) is 5.92 Å². The molecule has 32 heavy (non-hydrogen) atoms. The summed E-state index contributed by atoms with van der Waals surface area (Å²) < 4.78 is 7.11. The van der Waals surface area contributed by atoms with Crippen LogP contribution in [0.4, 0.5) is 0 Å². The van der Waals surface area contributed by atoms with E-state index in [9.17, 15) is 9.59 Å². The number of carboxylic acids is 1. The van der Waals surface area contributed by atoms with Crippen molar-refractivity contribution >= 4 is 50.6 Å². The molecule has 0 radical (unpaired) electrons. The van der Waals surface area contributed by atoms with Crippen molar-refractivity contribution in [1.29, 1.82) is 0 Å². The van der Waals surface area contributed by atoms with Gasteiger partial charge in [-0.05, 0) is 58.6 Å². The van der Waals surface area contributed by atoms with E-state index >= 15 is 0 Å². The molecule has 1 aromatic heterocycles. The normalized spacial score (nSPS) is 14.8. The fraction of sp³-hybridized carbons (Fsp3) is 0.304. The van der Waals surface area contributed by atoms with Gasteiger partial charge in [0.2, 0.25) is 0 Å². The van der Waals surface area contributed by atoms with Gasteiger partial charge in [-0.3, -0.25) is 4.79 Å². The molecular formula is C23H21BrClN3O4. The second kappa shape index (κ2) is 9.83. The van der Waals surface area contributed by atoms with Crippen LogP contribution in [0.25, 0.3) is 10.9 Å². The van der Waals surface area contributed by atoms with Gasteiger partial charge in [0.05, 0.1) is 26.6 Å². The van der Waals surface area contributed by atoms with Crippen molar-refractivity contribution in [2.24, 2.45) is 5.10 Å². The average molecular weight is 519 g/mol. The SMILES string of the molecule is O=C(O)COc1c(Cl)cc(C=Nn2c(C3CCCCC3)nc3ccccc3c2=O)cc1Br. The molecule has 2 aromatic carbocycles. The lowest BCUT2D eigenvalue weighted by atomic mass is 9.88. The van der Waals surface area contributed by atoms with Gasteiger partial charge >= 0.3 is 5.97 Å². The first-order valence-electron chi connectivity index (χ1n) is 10.3. The van der Waals surface area contributed by atoms with Gasteiger partial charge in [-0.1, -0.05) is 43.0 Å². The van der Waals surface area contributed by atoms with Gasteiger partial charge in [0.15, 0.2) is 12.4 Å². The molecule has 3 aromatic rings. The largest absolute Gasteiger partial charge is 0.479 e. The fourth-order valence-corrected chi connectivity index (χ4v) is 4.92. The zero-order valence-corrected chi connectivity index (χ0v) is 19.5. The quantitative estimate of drug-likeness (QED) is 0.452. The number of nitrogens with zero attached hydrogens (tertiary/aromatic N) is 3. The summed E-state index contributed by atoms with van der Waals surface area (Å²) in [5, 5.41) is 14.1. The predicted octanol–water partition coefficient (Wildman–Crippen LogP) is 5.21. The summed E-state index contributed by atoms with van der Waals surface area (Å²) >= 11 is 9.63. The molecule has 1 aliphatic carbocycles. The minimum Gasteiger partial charge on any atom is -0.479 e. The second-order valence-electron chi connectivity index (χ2n) is 7.68. The Hall–Kier alpha value is -2.71. The summed E-state index contributed by atoms with van der Waals surface area (Å²) in [5.74, 6) is -0.00720. The number of fused-ring (bicyclic) bond motifs is 1. The van der Waals surface area contributed by atoms with E-state index in [0.717, 1.165) is 25.7 Å². The van der Waals surface area contributed by atoms with Crippen LogP contribution in [0.1, 0.15) is 49.4 Å². The van der Waals surface area contributed by atoms with Crippen molar-refractivity contribution in [3.63, 3.8) is 0 Å². The lowest BCUT2D eigenvalue weighted by Gasteiger charge is -2.22. The number of para-hydroxylation sites is 1. The van der Waals surface area contributed by atoms with E-state index in [1.165, 1.54) is 11.1 Å². The molecule has 0 amide bonds. The topological polar surface area (TPSA) is 93.8 Å². The van der Waals surface area contributed by atoms with Crippen LogP contribution >= 0.6 is 27.5 Å². The van der Waals surface area contributed by atoms with Crippen molar-refractivity contribution in [1.82, 2.24) is 9.66 Å². The van der Waals surface area contributed by atoms with Gasteiger partial charge in [0.25, 0.3) is 5.56 Å². The second-order valence-corrected chi connectivity index (χ2v) is 8.94. The Kier molecular flexibility index (Phi) is 6.91. The van der Waals surface area contributed by atoms with Crippen LogP contribution in [0.5, 0.6) is 5.75 Å².